The molecule has 2 aromatic rings. The van der Waals surface area contributed by atoms with E-state index in [0.29, 0.717) is 44.5 Å². The van der Waals surface area contributed by atoms with Gasteiger partial charge in [0.15, 0.2) is 5.69 Å². The van der Waals surface area contributed by atoms with Crippen molar-refractivity contribution in [1.82, 2.24) is 14.7 Å². The zero-order valence-corrected chi connectivity index (χ0v) is 20.0. The van der Waals surface area contributed by atoms with Gasteiger partial charge >= 0.3 is 12.1 Å². The summed E-state index contributed by atoms with van der Waals surface area (Å²) >= 11 is 0. The predicted octanol–water partition coefficient (Wildman–Crippen LogP) is 4.79. The maximum atomic E-state index is 13.7. The number of esters is 1. The third kappa shape index (κ3) is 6.05. The van der Waals surface area contributed by atoms with Crippen LogP contribution in [0.3, 0.4) is 0 Å². The number of rotatable bonds is 7. The van der Waals surface area contributed by atoms with Crippen LogP contribution in [0, 0.1) is 11.8 Å². The Morgan fingerprint density at radius 2 is 1.83 bits per heavy atom. The van der Waals surface area contributed by atoms with Crippen LogP contribution in [-0.4, -0.2) is 39.7 Å². The molecule has 0 radical (unpaired) electrons. The van der Waals surface area contributed by atoms with Gasteiger partial charge in [0.2, 0.25) is 5.91 Å². The van der Waals surface area contributed by atoms with Crippen LogP contribution in [0.25, 0.3) is 0 Å². The van der Waals surface area contributed by atoms with Gasteiger partial charge in [-0.05, 0) is 56.9 Å². The van der Waals surface area contributed by atoms with Crippen molar-refractivity contribution in [3.63, 3.8) is 0 Å². The summed E-state index contributed by atoms with van der Waals surface area (Å²) in [5.41, 5.74) is 0.890. The van der Waals surface area contributed by atoms with Crippen molar-refractivity contribution in [3.05, 3.63) is 52.8 Å². The van der Waals surface area contributed by atoms with E-state index in [1.807, 2.05) is 30.3 Å². The molecule has 1 fully saturated rings. The summed E-state index contributed by atoms with van der Waals surface area (Å²) in [6, 6.07) is 9.57. The Morgan fingerprint density at radius 3 is 2.49 bits per heavy atom. The molecule has 1 amide bonds. The second-order valence-electron chi connectivity index (χ2n) is 9.47. The van der Waals surface area contributed by atoms with E-state index in [-0.39, 0.29) is 48.8 Å². The highest BCUT2D eigenvalue weighted by molar-refractivity contribution is 5.77. The fourth-order valence-corrected chi connectivity index (χ4v) is 5.22. The second kappa shape index (κ2) is 10.8. The van der Waals surface area contributed by atoms with Gasteiger partial charge in [-0.2, -0.15) is 18.3 Å². The van der Waals surface area contributed by atoms with Gasteiger partial charge in [-0.25, -0.2) is 0 Å². The Labute approximate surface area is 203 Å². The highest BCUT2D eigenvalue weighted by Gasteiger charge is 2.41. The number of aromatic nitrogens is 2. The SMILES string of the molecule is CCOC(=O)[C@H]1CC[C@H](CC(=O)N2CCc3c(C(F)(F)F)nn(CCc4ccccc4)c3C2)CC1. The first-order chi connectivity index (χ1) is 16.8. The molecule has 2 heterocycles. The average molecular weight is 492 g/mol. The number of amides is 1. The van der Waals surface area contributed by atoms with Gasteiger partial charge in [0.25, 0.3) is 0 Å². The number of hydrogen-bond acceptors (Lipinski definition) is 4. The van der Waals surface area contributed by atoms with Gasteiger partial charge in [-0.1, -0.05) is 30.3 Å². The average Bonchev–Trinajstić information content (AvgIpc) is 3.22. The molecule has 35 heavy (non-hydrogen) atoms. The Balaban J connectivity index is 1.41. The van der Waals surface area contributed by atoms with E-state index in [9.17, 15) is 22.8 Å². The lowest BCUT2D eigenvalue weighted by Crippen LogP contribution is -2.38. The largest absolute Gasteiger partial charge is 0.466 e. The molecule has 0 unspecified atom stereocenters. The molecule has 1 aliphatic heterocycles. The van der Waals surface area contributed by atoms with Crippen LogP contribution in [0.4, 0.5) is 13.2 Å². The molecule has 6 nitrogen and oxygen atoms in total. The summed E-state index contributed by atoms with van der Waals surface area (Å²) in [5.74, 6) is -0.119. The maximum Gasteiger partial charge on any atom is 0.435 e. The topological polar surface area (TPSA) is 64.4 Å². The Hall–Kier alpha value is -2.84. The first kappa shape index (κ1) is 25.3. The number of fused-ring (bicyclic) bond motifs is 1. The number of aryl methyl sites for hydroxylation is 2. The minimum absolute atomic E-state index is 0.0420. The fourth-order valence-electron chi connectivity index (χ4n) is 5.22. The van der Waals surface area contributed by atoms with Gasteiger partial charge in [0, 0.05) is 25.1 Å². The van der Waals surface area contributed by atoms with Crippen molar-refractivity contribution in [2.24, 2.45) is 11.8 Å². The monoisotopic (exact) mass is 491 g/mol. The smallest absolute Gasteiger partial charge is 0.435 e. The summed E-state index contributed by atoms with van der Waals surface area (Å²) in [6.45, 7) is 2.88. The molecule has 0 N–H and O–H groups in total. The summed E-state index contributed by atoms with van der Waals surface area (Å²) in [6.07, 6.45) is -0.477. The number of nitrogens with zero attached hydrogens (tertiary/aromatic N) is 3. The van der Waals surface area contributed by atoms with E-state index in [1.54, 1.807) is 11.8 Å². The lowest BCUT2D eigenvalue weighted by atomic mass is 9.80. The van der Waals surface area contributed by atoms with E-state index in [1.165, 1.54) is 4.68 Å². The Morgan fingerprint density at radius 1 is 1.11 bits per heavy atom. The molecule has 4 rings (SSSR count). The molecular formula is C26H32F3N3O3. The zero-order valence-electron chi connectivity index (χ0n) is 20.0. The molecule has 9 heteroatoms. The van der Waals surface area contributed by atoms with Crippen molar-refractivity contribution < 1.29 is 27.5 Å². The molecule has 0 atom stereocenters. The van der Waals surface area contributed by atoms with Gasteiger partial charge in [0.1, 0.15) is 0 Å². The summed E-state index contributed by atoms with van der Waals surface area (Å²) < 4.78 is 47.5. The molecular weight excluding hydrogens is 459 g/mol. The number of benzene rings is 1. The van der Waals surface area contributed by atoms with Crippen molar-refractivity contribution in [3.8, 4) is 0 Å². The van der Waals surface area contributed by atoms with E-state index in [4.69, 9.17) is 4.74 Å². The van der Waals surface area contributed by atoms with E-state index < -0.39 is 11.9 Å². The molecule has 2 aliphatic rings. The molecule has 1 aromatic carbocycles. The fraction of sp³-hybridized carbons (Fsp3) is 0.577. The highest BCUT2D eigenvalue weighted by atomic mass is 19.4. The predicted molar refractivity (Wildman–Crippen MR) is 123 cm³/mol. The first-order valence-electron chi connectivity index (χ1n) is 12.4. The number of carbonyl (C=O) groups excluding carboxylic acids is 2. The van der Waals surface area contributed by atoms with E-state index in [2.05, 4.69) is 5.10 Å². The Kier molecular flexibility index (Phi) is 7.82. The lowest BCUT2D eigenvalue weighted by Gasteiger charge is -2.31. The van der Waals surface area contributed by atoms with Crippen LogP contribution in [0.5, 0.6) is 0 Å². The summed E-state index contributed by atoms with van der Waals surface area (Å²) in [7, 11) is 0. The zero-order chi connectivity index (χ0) is 25.0. The second-order valence-corrected chi connectivity index (χ2v) is 9.47. The van der Waals surface area contributed by atoms with Gasteiger partial charge in [0.05, 0.1) is 24.8 Å². The highest BCUT2D eigenvalue weighted by Crippen LogP contribution is 2.36. The van der Waals surface area contributed by atoms with E-state index in [0.717, 1.165) is 18.4 Å². The normalized spacial score (nSPS) is 20.4. The van der Waals surface area contributed by atoms with Crippen LogP contribution in [0.1, 0.15) is 61.5 Å². The quantitative estimate of drug-likeness (QED) is 0.523. The maximum absolute atomic E-state index is 13.7. The number of ether oxygens (including phenoxy) is 1. The number of alkyl halides is 3. The number of halogens is 3. The standard InChI is InChI=1S/C26H32F3N3O3/c1-2-35-25(34)20-10-8-19(9-11-20)16-23(33)31-14-13-21-22(17-31)32(30-24(21)26(27,28)29)15-12-18-6-4-3-5-7-18/h3-7,19-20H,2,8-17H2,1H3/t19-,20-. The van der Waals surface area contributed by atoms with Crippen LogP contribution in [-0.2, 0) is 46.4 Å². The van der Waals surface area contributed by atoms with E-state index >= 15 is 0 Å². The minimum atomic E-state index is -4.52. The third-order valence-corrected chi connectivity index (χ3v) is 7.15. The van der Waals surface area contributed by atoms with Gasteiger partial charge in [-0.3, -0.25) is 14.3 Å². The van der Waals surface area contributed by atoms with Crippen LogP contribution >= 0.6 is 0 Å². The lowest BCUT2D eigenvalue weighted by molar-refractivity contribution is -0.149. The molecule has 0 spiro atoms. The minimum Gasteiger partial charge on any atom is -0.466 e. The molecule has 0 saturated heterocycles. The molecule has 1 aromatic heterocycles. The van der Waals surface area contributed by atoms with Crippen LogP contribution < -0.4 is 0 Å². The Bertz CT molecular complexity index is 1030. The van der Waals surface area contributed by atoms with Gasteiger partial charge in [-0.15, -0.1) is 0 Å². The first-order valence-corrected chi connectivity index (χ1v) is 12.4. The van der Waals surface area contributed by atoms with Crippen molar-refractivity contribution in [2.75, 3.05) is 13.2 Å². The van der Waals surface area contributed by atoms with Gasteiger partial charge < -0.3 is 9.64 Å². The van der Waals surface area contributed by atoms with Crippen LogP contribution in [0.2, 0.25) is 0 Å². The molecule has 1 aliphatic carbocycles. The summed E-state index contributed by atoms with van der Waals surface area (Å²) in [5, 5.41) is 3.94. The molecule has 1 saturated carbocycles. The van der Waals surface area contributed by atoms with Crippen LogP contribution in [0.15, 0.2) is 30.3 Å². The summed E-state index contributed by atoms with van der Waals surface area (Å²) in [4.78, 5) is 26.7. The van der Waals surface area contributed by atoms with Crippen molar-refractivity contribution in [1.29, 1.82) is 0 Å². The molecule has 0 bridgehead atoms. The van der Waals surface area contributed by atoms with Crippen molar-refractivity contribution >= 4 is 11.9 Å². The third-order valence-electron chi connectivity index (χ3n) is 7.15. The molecule has 190 valence electrons. The van der Waals surface area contributed by atoms with Crippen molar-refractivity contribution in [2.45, 2.75) is 71.1 Å². The number of hydrogen-bond donors (Lipinski definition) is 0. The number of carbonyl (C=O) groups is 2.